The Kier molecular flexibility index (Phi) is 5.76. The molecule has 0 amide bonds. The van der Waals surface area contributed by atoms with Crippen molar-refractivity contribution in [2.75, 3.05) is 26.7 Å². The molecule has 1 aromatic rings. The summed E-state index contributed by atoms with van der Waals surface area (Å²) in [6, 6.07) is 4.32. The first-order valence-corrected chi connectivity index (χ1v) is 7.21. The highest BCUT2D eigenvalue weighted by Gasteiger charge is 2.18. The number of pyridine rings is 1. The number of likely N-dealkylation sites (tertiary alicyclic amines) is 1. The van der Waals surface area contributed by atoms with E-state index >= 15 is 0 Å². The molecule has 2 heterocycles. The van der Waals surface area contributed by atoms with Crippen LogP contribution in [0.15, 0.2) is 18.3 Å². The molecule has 1 aromatic heterocycles. The lowest BCUT2D eigenvalue weighted by Gasteiger charge is -2.30. The Hall–Kier alpha value is -0.970. The molecular weight excluding hydrogens is 238 g/mol. The molecule has 4 heteroatoms. The van der Waals surface area contributed by atoms with Gasteiger partial charge in [0, 0.05) is 39.5 Å². The van der Waals surface area contributed by atoms with E-state index in [2.05, 4.69) is 34.3 Å². The molecule has 0 unspecified atom stereocenters. The molecule has 1 saturated heterocycles. The van der Waals surface area contributed by atoms with Crippen LogP contribution in [0.1, 0.15) is 31.0 Å². The van der Waals surface area contributed by atoms with Gasteiger partial charge in [0.15, 0.2) is 0 Å². The molecule has 0 bridgehead atoms. The Morgan fingerprint density at radius 2 is 2.16 bits per heavy atom. The monoisotopic (exact) mass is 263 g/mol. The quantitative estimate of drug-likeness (QED) is 0.849. The molecule has 0 saturated carbocycles. The van der Waals surface area contributed by atoms with Crippen LogP contribution in [-0.4, -0.2) is 42.7 Å². The van der Waals surface area contributed by atoms with Crippen molar-refractivity contribution >= 4 is 0 Å². The minimum absolute atomic E-state index is 0.451. The molecule has 106 valence electrons. The Labute approximate surface area is 116 Å². The van der Waals surface area contributed by atoms with Crippen LogP contribution in [0.25, 0.3) is 0 Å². The van der Waals surface area contributed by atoms with Gasteiger partial charge in [0.05, 0.1) is 11.8 Å². The lowest BCUT2D eigenvalue weighted by atomic mass is 10.1. The van der Waals surface area contributed by atoms with Crippen LogP contribution in [0.2, 0.25) is 0 Å². The Morgan fingerprint density at radius 3 is 2.74 bits per heavy atom. The molecule has 0 aromatic carbocycles. The fourth-order valence-corrected chi connectivity index (χ4v) is 2.45. The third-order valence-electron chi connectivity index (χ3n) is 3.72. The molecule has 4 nitrogen and oxygen atoms in total. The largest absolute Gasteiger partial charge is 0.381 e. The number of nitrogens with zero attached hydrogens (tertiary/aromatic N) is 2. The molecule has 1 N–H and O–H groups in total. The second kappa shape index (κ2) is 7.58. The van der Waals surface area contributed by atoms with E-state index in [-0.39, 0.29) is 0 Å². The predicted octanol–water partition coefficient (Wildman–Crippen LogP) is 1.80. The maximum atomic E-state index is 5.39. The minimum atomic E-state index is 0.451. The summed E-state index contributed by atoms with van der Waals surface area (Å²) in [4.78, 5) is 7.01. The molecule has 1 fully saturated rings. The van der Waals surface area contributed by atoms with Crippen LogP contribution >= 0.6 is 0 Å². The first-order chi connectivity index (χ1) is 9.31. The Morgan fingerprint density at radius 1 is 1.37 bits per heavy atom. The van der Waals surface area contributed by atoms with Gasteiger partial charge < -0.3 is 10.1 Å². The summed E-state index contributed by atoms with van der Waals surface area (Å²) >= 11 is 0. The van der Waals surface area contributed by atoms with Gasteiger partial charge in [0.2, 0.25) is 0 Å². The normalized spacial score (nSPS) is 17.8. The Balaban J connectivity index is 1.79. The number of aromatic nitrogens is 1. The zero-order valence-corrected chi connectivity index (χ0v) is 12.1. The van der Waals surface area contributed by atoms with Crippen molar-refractivity contribution in [3.8, 4) is 0 Å². The zero-order valence-electron chi connectivity index (χ0n) is 12.1. The predicted molar refractivity (Wildman–Crippen MR) is 76.9 cm³/mol. The molecule has 19 heavy (non-hydrogen) atoms. The van der Waals surface area contributed by atoms with Gasteiger partial charge in [-0.05, 0) is 31.0 Å². The summed E-state index contributed by atoms with van der Waals surface area (Å²) in [6.07, 6.45) is 4.70. The van der Waals surface area contributed by atoms with Crippen LogP contribution in [-0.2, 0) is 17.8 Å². The fourth-order valence-electron chi connectivity index (χ4n) is 2.45. The molecular formula is C15H25N3O. The topological polar surface area (TPSA) is 37.4 Å². The van der Waals surface area contributed by atoms with Gasteiger partial charge in [-0.1, -0.05) is 13.0 Å². The van der Waals surface area contributed by atoms with Crippen molar-refractivity contribution in [3.05, 3.63) is 29.6 Å². The van der Waals surface area contributed by atoms with Gasteiger partial charge in [-0.3, -0.25) is 9.88 Å². The number of piperidine rings is 1. The van der Waals surface area contributed by atoms with E-state index in [0.717, 1.165) is 51.3 Å². The van der Waals surface area contributed by atoms with E-state index in [1.165, 1.54) is 5.56 Å². The summed E-state index contributed by atoms with van der Waals surface area (Å²) in [5.74, 6) is 0. The second-order valence-corrected chi connectivity index (χ2v) is 5.15. The van der Waals surface area contributed by atoms with Crippen LogP contribution in [0.4, 0.5) is 0 Å². The summed E-state index contributed by atoms with van der Waals surface area (Å²) in [7, 11) is 1.81. The lowest BCUT2D eigenvalue weighted by molar-refractivity contribution is 0.0385. The highest BCUT2D eigenvalue weighted by Crippen LogP contribution is 2.15. The highest BCUT2D eigenvalue weighted by atomic mass is 16.5. The van der Waals surface area contributed by atoms with Crippen LogP contribution in [0, 0.1) is 0 Å². The molecule has 2 rings (SSSR count). The average Bonchev–Trinajstić information content (AvgIpc) is 2.47. The maximum absolute atomic E-state index is 5.39. The Bertz CT molecular complexity index is 358. The number of methoxy groups -OCH3 is 1. The van der Waals surface area contributed by atoms with Gasteiger partial charge >= 0.3 is 0 Å². The fraction of sp³-hybridized carbons (Fsp3) is 0.667. The molecule has 0 atom stereocenters. The van der Waals surface area contributed by atoms with Crippen molar-refractivity contribution in [2.45, 2.75) is 39.0 Å². The zero-order chi connectivity index (χ0) is 13.5. The van der Waals surface area contributed by atoms with Gasteiger partial charge in [0.1, 0.15) is 0 Å². The van der Waals surface area contributed by atoms with Gasteiger partial charge in [-0.15, -0.1) is 0 Å². The summed E-state index contributed by atoms with van der Waals surface area (Å²) in [5, 5.41) is 3.31. The van der Waals surface area contributed by atoms with Crippen molar-refractivity contribution in [1.29, 1.82) is 0 Å². The van der Waals surface area contributed by atoms with E-state index in [0.29, 0.717) is 6.10 Å². The van der Waals surface area contributed by atoms with Crippen molar-refractivity contribution in [3.63, 3.8) is 0 Å². The van der Waals surface area contributed by atoms with E-state index < -0.39 is 0 Å². The van der Waals surface area contributed by atoms with Crippen LogP contribution in [0.5, 0.6) is 0 Å². The highest BCUT2D eigenvalue weighted by molar-refractivity contribution is 5.14. The summed E-state index contributed by atoms with van der Waals surface area (Å²) < 4.78 is 5.39. The van der Waals surface area contributed by atoms with E-state index in [9.17, 15) is 0 Å². The number of hydrogen-bond acceptors (Lipinski definition) is 4. The number of rotatable bonds is 6. The number of nitrogens with one attached hydrogen (secondary N) is 1. The van der Waals surface area contributed by atoms with E-state index in [1.54, 1.807) is 0 Å². The third-order valence-corrected chi connectivity index (χ3v) is 3.72. The summed E-state index contributed by atoms with van der Waals surface area (Å²) in [5.41, 5.74) is 2.42. The van der Waals surface area contributed by atoms with Crippen molar-refractivity contribution in [1.82, 2.24) is 15.2 Å². The smallest absolute Gasteiger partial charge is 0.0595 e. The van der Waals surface area contributed by atoms with Crippen molar-refractivity contribution in [2.24, 2.45) is 0 Å². The average molecular weight is 263 g/mol. The second-order valence-electron chi connectivity index (χ2n) is 5.15. The van der Waals surface area contributed by atoms with Gasteiger partial charge in [-0.25, -0.2) is 0 Å². The molecule has 1 aliphatic heterocycles. The maximum Gasteiger partial charge on any atom is 0.0595 e. The molecule has 0 radical (unpaired) electrons. The van der Waals surface area contributed by atoms with Gasteiger partial charge in [-0.2, -0.15) is 0 Å². The van der Waals surface area contributed by atoms with E-state index in [4.69, 9.17) is 4.74 Å². The first kappa shape index (κ1) is 14.4. The SMILES string of the molecule is CCNCc1ccc(CN2CCC(OC)CC2)nc1. The first-order valence-electron chi connectivity index (χ1n) is 7.21. The standard InChI is InChI=1S/C15H25N3O/c1-3-16-10-13-4-5-14(17-11-13)12-18-8-6-15(19-2)7-9-18/h4-5,11,15-16H,3,6-10,12H2,1-2H3. The number of hydrogen-bond donors (Lipinski definition) is 1. The van der Waals surface area contributed by atoms with Gasteiger partial charge in [0.25, 0.3) is 0 Å². The van der Waals surface area contributed by atoms with E-state index in [1.807, 2.05) is 13.3 Å². The molecule has 0 aliphatic carbocycles. The molecule has 1 aliphatic rings. The van der Waals surface area contributed by atoms with Crippen LogP contribution < -0.4 is 5.32 Å². The minimum Gasteiger partial charge on any atom is -0.381 e. The number of ether oxygens (including phenoxy) is 1. The lowest BCUT2D eigenvalue weighted by Crippen LogP contribution is -2.36. The molecule has 0 spiro atoms. The van der Waals surface area contributed by atoms with Crippen molar-refractivity contribution < 1.29 is 4.74 Å². The summed E-state index contributed by atoms with van der Waals surface area (Å²) in [6.45, 7) is 7.20. The van der Waals surface area contributed by atoms with Crippen LogP contribution in [0.3, 0.4) is 0 Å². The third kappa shape index (κ3) is 4.56.